The second kappa shape index (κ2) is 10.8. The molecule has 35 heavy (non-hydrogen) atoms. The molecule has 7 heteroatoms. The number of ether oxygens (including phenoxy) is 5. The number of methoxy groups -OCH3 is 4. The maximum atomic E-state index is 12.4. The molecule has 2 aliphatic rings. The Balaban J connectivity index is 1.66. The lowest BCUT2D eigenvalue weighted by molar-refractivity contribution is -0.150. The van der Waals surface area contributed by atoms with Crippen molar-refractivity contribution in [1.29, 1.82) is 0 Å². The first-order chi connectivity index (χ1) is 16.9. The first-order valence-electron chi connectivity index (χ1n) is 12.2. The molecule has 190 valence electrons. The van der Waals surface area contributed by atoms with Gasteiger partial charge in [0.05, 0.1) is 46.6 Å². The van der Waals surface area contributed by atoms with Crippen molar-refractivity contribution < 1.29 is 33.6 Å². The van der Waals surface area contributed by atoms with Gasteiger partial charge in [-0.3, -0.25) is 4.79 Å². The predicted molar refractivity (Wildman–Crippen MR) is 132 cm³/mol. The largest absolute Gasteiger partial charge is 0.493 e. The van der Waals surface area contributed by atoms with E-state index in [4.69, 9.17) is 23.7 Å². The normalized spacial score (nSPS) is 23.1. The van der Waals surface area contributed by atoms with Crippen LogP contribution in [-0.4, -0.2) is 46.1 Å². The highest BCUT2D eigenvalue weighted by Gasteiger charge is 2.48. The molecule has 0 aromatic heterocycles. The summed E-state index contributed by atoms with van der Waals surface area (Å²) in [6, 6.07) is 11.8. The summed E-state index contributed by atoms with van der Waals surface area (Å²) in [6.07, 6.45) is 4.52. The van der Waals surface area contributed by atoms with E-state index in [1.807, 2.05) is 36.4 Å². The molecular weight excluding hydrogens is 448 g/mol. The molecule has 3 atom stereocenters. The molecule has 1 aliphatic heterocycles. The first kappa shape index (κ1) is 25.2. The summed E-state index contributed by atoms with van der Waals surface area (Å²) < 4.78 is 28.2. The summed E-state index contributed by atoms with van der Waals surface area (Å²) >= 11 is 0. The first-order valence-corrected chi connectivity index (χ1v) is 12.2. The summed E-state index contributed by atoms with van der Waals surface area (Å²) in [5.41, 5.74) is 1.41. The van der Waals surface area contributed by atoms with Gasteiger partial charge in [0.15, 0.2) is 23.0 Å². The van der Waals surface area contributed by atoms with Crippen LogP contribution in [0.2, 0.25) is 0 Å². The highest BCUT2D eigenvalue weighted by atomic mass is 16.5. The van der Waals surface area contributed by atoms with E-state index >= 15 is 0 Å². The number of carboxylic acids is 1. The van der Waals surface area contributed by atoms with Crippen LogP contribution in [0.4, 0.5) is 0 Å². The second-order valence-corrected chi connectivity index (χ2v) is 9.68. The molecule has 1 saturated carbocycles. The minimum Gasteiger partial charge on any atom is -0.493 e. The Morgan fingerprint density at radius 2 is 1.51 bits per heavy atom. The Labute approximate surface area is 207 Å². The molecule has 1 aliphatic carbocycles. The molecule has 2 aromatic carbocycles. The van der Waals surface area contributed by atoms with Gasteiger partial charge in [-0.05, 0) is 72.9 Å². The van der Waals surface area contributed by atoms with E-state index in [1.54, 1.807) is 28.4 Å². The Bertz CT molecular complexity index is 1030. The number of hydrogen-bond acceptors (Lipinski definition) is 6. The topological polar surface area (TPSA) is 83.5 Å². The number of aliphatic carboxylic acids is 1. The maximum absolute atomic E-state index is 12.4. The lowest BCUT2D eigenvalue weighted by Gasteiger charge is -2.32. The minimum absolute atomic E-state index is 0.0513. The zero-order chi connectivity index (χ0) is 25.0. The lowest BCUT2D eigenvalue weighted by atomic mass is 9.71. The average molecular weight is 485 g/mol. The van der Waals surface area contributed by atoms with Crippen LogP contribution in [0.15, 0.2) is 36.4 Å². The third-order valence-corrected chi connectivity index (χ3v) is 7.81. The van der Waals surface area contributed by atoms with Crippen LogP contribution in [0.25, 0.3) is 0 Å². The number of carboxylic acid groups (broad SMARTS) is 1. The van der Waals surface area contributed by atoms with Gasteiger partial charge < -0.3 is 28.8 Å². The highest BCUT2D eigenvalue weighted by Crippen LogP contribution is 2.52. The SMILES string of the molecule is COc1ccc(C[C@H]2CO[C@H](c3ccc(OC)c(OC)c3)[C@@H]2CC2(C(=O)O)CCCC2)cc1OC. The van der Waals surface area contributed by atoms with Crippen LogP contribution in [0.5, 0.6) is 23.0 Å². The average Bonchev–Trinajstić information content (AvgIpc) is 3.52. The number of rotatable bonds is 10. The lowest BCUT2D eigenvalue weighted by Crippen LogP contribution is -2.33. The van der Waals surface area contributed by atoms with E-state index in [2.05, 4.69) is 0 Å². The predicted octanol–water partition coefficient (Wildman–Crippen LogP) is 5.30. The van der Waals surface area contributed by atoms with Crippen molar-refractivity contribution >= 4 is 5.97 Å². The fourth-order valence-corrected chi connectivity index (χ4v) is 5.90. The van der Waals surface area contributed by atoms with Gasteiger partial charge in [0.1, 0.15) is 0 Å². The number of carbonyl (C=O) groups is 1. The van der Waals surface area contributed by atoms with Crippen molar-refractivity contribution in [2.45, 2.75) is 44.6 Å². The van der Waals surface area contributed by atoms with Crippen molar-refractivity contribution in [3.63, 3.8) is 0 Å². The summed E-state index contributed by atoms with van der Waals surface area (Å²) in [5, 5.41) is 10.2. The number of hydrogen-bond donors (Lipinski definition) is 1. The van der Waals surface area contributed by atoms with E-state index in [9.17, 15) is 9.90 Å². The molecule has 0 spiro atoms. The molecule has 1 heterocycles. The molecular formula is C28H36O7. The van der Waals surface area contributed by atoms with Crippen LogP contribution in [-0.2, 0) is 16.0 Å². The minimum atomic E-state index is -0.691. The van der Waals surface area contributed by atoms with Gasteiger partial charge >= 0.3 is 5.97 Å². The van der Waals surface area contributed by atoms with Crippen molar-refractivity contribution in [2.24, 2.45) is 17.3 Å². The smallest absolute Gasteiger partial charge is 0.309 e. The summed E-state index contributed by atoms with van der Waals surface area (Å²) in [6.45, 7) is 0.563. The van der Waals surface area contributed by atoms with Crippen molar-refractivity contribution in [3.05, 3.63) is 47.5 Å². The van der Waals surface area contributed by atoms with Gasteiger partial charge in [0.2, 0.25) is 0 Å². The van der Waals surface area contributed by atoms with Gasteiger partial charge in [0, 0.05) is 0 Å². The van der Waals surface area contributed by atoms with Gasteiger partial charge in [-0.1, -0.05) is 25.0 Å². The molecule has 7 nitrogen and oxygen atoms in total. The van der Waals surface area contributed by atoms with Crippen LogP contribution >= 0.6 is 0 Å². The summed E-state index contributed by atoms with van der Waals surface area (Å²) in [7, 11) is 6.49. The standard InChI is InChI=1S/C28H36O7/c1-31-22-9-7-18(14-24(22)33-3)13-20-17-35-26(19-8-10-23(32-2)25(15-19)34-4)21(20)16-28(27(29)30)11-5-6-12-28/h7-10,14-15,20-21,26H,5-6,11-13,16-17H2,1-4H3,(H,29,30)/t20-,21+,26+/m0/s1. The fraction of sp³-hybridized carbons (Fsp3) is 0.536. The Kier molecular flexibility index (Phi) is 7.75. The molecule has 4 rings (SSSR count). The van der Waals surface area contributed by atoms with Gasteiger partial charge in [-0.15, -0.1) is 0 Å². The zero-order valence-electron chi connectivity index (χ0n) is 21.0. The van der Waals surface area contributed by atoms with Crippen LogP contribution < -0.4 is 18.9 Å². The van der Waals surface area contributed by atoms with Gasteiger partial charge in [-0.25, -0.2) is 0 Å². The zero-order valence-corrected chi connectivity index (χ0v) is 21.0. The van der Waals surface area contributed by atoms with Crippen molar-refractivity contribution in [3.8, 4) is 23.0 Å². The van der Waals surface area contributed by atoms with E-state index in [-0.39, 0.29) is 17.9 Å². The maximum Gasteiger partial charge on any atom is 0.309 e. The van der Waals surface area contributed by atoms with Crippen LogP contribution in [0, 0.1) is 17.3 Å². The molecule has 0 unspecified atom stereocenters. The van der Waals surface area contributed by atoms with E-state index in [0.717, 1.165) is 43.2 Å². The van der Waals surface area contributed by atoms with Gasteiger partial charge in [-0.2, -0.15) is 0 Å². The monoisotopic (exact) mass is 484 g/mol. The Morgan fingerprint density at radius 1 is 0.914 bits per heavy atom. The van der Waals surface area contributed by atoms with E-state index < -0.39 is 11.4 Å². The summed E-state index contributed by atoms with van der Waals surface area (Å²) in [5.74, 6) is 2.22. The number of benzene rings is 2. The van der Waals surface area contributed by atoms with Crippen LogP contribution in [0.1, 0.15) is 49.3 Å². The molecule has 2 fully saturated rings. The van der Waals surface area contributed by atoms with Crippen LogP contribution in [0.3, 0.4) is 0 Å². The second-order valence-electron chi connectivity index (χ2n) is 9.68. The summed E-state index contributed by atoms with van der Waals surface area (Å²) in [4.78, 5) is 12.4. The fourth-order valence-electron chi connectivity index (χ4n) is 5.90. The molecule has 1 N–H and O–H groups in total. The Morgan fingerprint density at radius 3 is 2.11 bits per heavy atom. The highest BCUT2D eigenvalue weighted by molar-refractivity contribution is 5.75. The molecule has 0 amide bonds. The van der Waals surface area contributed by atoms with E-state index in [1.165, 1.54) is 0 Å². The molecule has 1 saturated heterocycles. The quantitative estimate of drug-likeness (QED) is 0.490. The molecule has 0 radical (unpaired) electrons. The molecule has 0 bridgehead atoms. The third kappa shape index (κ3) is 5.06. The third-order valence-electron chi connectivity index (χ3n) is 7.81. The van der Waals surface area contributed by atoms with Crippen molar-refractivity contribution in [2.75, 3.05) is 35.0 Å². The Hall–Kier alpha value is -2.93. The van der Waals surface area contributed by atoms with Crippen molar-refractivity contribution in [1.82, 2.24) is 0 Å². The van der Waals surface area contributed by atoms with Gasteiger partial charge in [0.25, 0.3) is 0 Å². The molecule has 2 aromatic rings. The van der Waals surface area contributed by atoms with E-state index in [0.29, 0.717) is 36.0 Å².